The van der Waals surface area contributed by atoms with Crippen LogP contribution >= 0.6 is 0 Å². The highest BCUT2D eigenvalue weighted by Gasteiger charge is 2.67. The Labute approximate surface area is 142 Å². The first-order valence-electron chi connectivity index (χ1n) is 8.88. The largest absolute Gasteiger partial charge is 0.481 e. The van der Waals surface area contributed by atoms with Gasteiger partial charge in [0.1, 0.15) is 11.5 Å². The number of carbonyl (C=O) groups excluding carboxylic acids is 1. The lowest BCUT2D eigenvalue weighted by Crippen LogP contribution is -2.41. The molecule has 7 atom stereocenters. The minimum Gasteiger partial charge on any atom is -0.481 e. The average molecular weight is 331 g/mol. The summed E-state index contributed by atoms with van der Waals surface area (Å²) in [7, 11) is 0. The smallest absolute Gasteiger partial charge is 0.310 e. The average Bonchev–Trinajstić information content (AvgIpc) is 3.11. The maximum atomic E-state index is 13.0. The molecule has 5 heteroatoms. The van der Waals surface area contributed by atoms with Gasteiger partial charge in [-0.3, -0.25) is 9.59 Å². The van der Waals surface area contributed by atoms with Gasteiger partial charge in [-0.1, -0.05) is 37.6 Å². The second-order valence-corrected chi connectivity index (χ2v) is 8.17. The highest BCUT2D eigenvalue weighted by Crippen LogP contribution is 2.52. The molecular formula is C19H25NO4. The first-order chi connectivity index (χ1) is 11.3. The van der Waals surface area contributed by atoms with Gasteiger partial charge >= 0.3 is 5.97 Å². The molecule has 1 spiro atoms. The van der Waals surface area contributed by atoms with Crippen LogP contribution < -0.4 is 0 Å². The second-order valence-electron chi connectivity index (χ2n) is 8.17. The van der Waals surface area contributed by atoms with Crippen molar-refractivity contribution >= 4 is 11.9 Å². The predicted molar refractivity (Wildman–Crippen MR) is 88.1 cm³/mol. The van der Waals surface area contributed by atoms with Gasteiger partial charge in [-0.2, -0.15) is 0 Å². The molecule has 0 aromatic rings. The third-order valence-corrected chi connectivity index (χ3v) is 6.49. The molecule has 2 fully saturated rings. The van der Waals surface area contributed by atoms with E-state index in [0.717, 1.165) is 6.42 Å². The zero-order chi connectivity index (χ0) is 17.2. The molecule has 3 heterocycles. The minimum atomic E-state index is -0.926. The van der Waals surface area contributed by atoms with E-state index in [1.165, 1.54) is 5.57 Å². The number of nitrogens with zero attached hydrogens (tertiary/aromatic N) is 1. The summed E-state index contributed by atoms with van der Waals surface area (Å²) in [5.74, 6) is -0.893. The molecule has 130 valence electrons. The zero-order valence-electron chi connectivity index (χ0n) is 14.4. The van der Waals surface area contributed by atoms with Crippen molar-refractivity contribution in [2.24, 2.45) is 29.6 Å². The van der Waals surface area contributed by atoms with Crippen molar-refractivity contribution in [3.63, 3.8) is 0 Å². The number of rotatable bonds is 3. The molecule has 24 heavy (non-hydrogen) atoms. The maximum absolute atomic E-state index is 13.0. The molecule has 0 aromatic carbocycles. The van der Waals surface area contributed by atoms with Gasteiger partial charge in [0, 0.05) is 6.54 Å². The molecule has 1 amide bonds. The van der Waals surface area contributed by atoms with E-state index >= 15 is 0 Å². The van der Waals surface area contributed by atoms with Crippen molar-refractivity contribution in [1.29, 1.82) is 0 Å². The summed E-state index contributed by atoms with van der Waals surface area (Å²) in [5.41, 5.74) is 0.711. The molecule has 0 radical (unpaired) electrons. The van der Waals surface area contributed by atoms with Gasteiger partial charge in [-0.05, 0) is 31.1 Å². The number of hydrogen-bond donors (Lipinski definition) is 1. The normalized spacial score (nSPS) is 46.4. The summed E-state index contributed by atoms with van der Waals surface area (Å²) in [6.07, 6.45) is 6.69. The monoisotopic (exact) mass is 331 g/mol. The molecule has 0 unspecified atom stereocenters. The summed E-state index contributed by atoms with van der Waals surface area (Å²) in [6, 6.07) is 0. The Morgan fingerprint density at radius 1 is 1.46 bits per heavy atom. The van der Waals surface area contributed by atoms with Crippen molar-refractivity contribution in [3.8, 4) is 0 Å². The van der Waals surface area contributed by atoms with E-state index in [2.05, 4.69) is 26.8 Å². The lowest BCUT2D eigenvalue weighted by molar-refractivity contribution is -0.148. The molecule has 0 saturated carbocycles. The standard InChI is InChI=1S/C19H25NO4/c1-10-6-11(2)13(12(3)7-10)8-20-9-19-5-4-14(24-19)15(18(22)23)16(19)17(20)21/h4-6,11-16H,7-9H2,1-3H3,(H,22,23)/t11-,12-,13-,14-,15-,16+,19-/m0/s1. The summed E-state index contributed by atoms with van der Waals surface area (Å²) >= 11 is 0. The Balaban J connectivity index is 1.56. The number of aliphatic carboxylic acids is 1. The van der Waals surface area contributed by atoms with E-state index in [9.17, 15) is 14.7 Å². The number of carboxylic acid groups (broad SMARTS) is 1. The fraction of sp³-hybridized carbons (Fsp3) is 0.684. The topological polar surface area (TPSA) is 66.8 Å². The number of carbonyl (C=O) groups is 2. The van der Waals surface area contributed by atoms with Crippen molar-refractivity contribution in [1.82, 2.24) is 4.90 Å². The number of likely N-dealkylation sites (tertiary alicyclic amines) is 1. The molecule has 4 aliphatic rings. The van der Waals surface area contributed by atoms with E-state index in [0.29, 0.717) is 30.8 Å². The molecule has 2 saturated heterocycles. The Hall–Kier alpha value is -1.62. The fourth-order valence-corrected chi connectivity index (χ4v) is 5.43. The first kappa shape index (κ1) is 15.9. The van der Waals surface area contributed by atoms with E-state index < -0.39 is 29.5 Å². The molecule has 2 bridgehead atoms. The quantitative estimate of drug-likeness (QED) is 0.804. The highest BCUT2D eigenvalue weighted by molar-refractivity contribution is 5.90. The van der Waals surface area contributed by atoms with Crippen LogP contribution in [0.3, 0.4) is 0 Å². The van der Waals surface area contributed by atoms with E-state index in [-0.39, 0.29) is 5.91 Å². The lowest BCUT2D eigenvalue weighted by Gasteiger charge is -2.36. The van der Waals surface area contributed by atoms with Gasteiger partial charge in [0.25, 0.3) is 0 Å². The van der Waals surface area contributed by atoms with Crippen LogP contribution in [0.1, 0.15) is 27.2 Å². The number of allylic oxidation sites excluding steroid dienone is 2. The van der Waals surface area contributed by atoms with Crippen LogP contribution in [0.4, 0.5) is 0 Å². The SMILES string of the molecule is CC1=C[C@H](C)[C@H](CN2C[C@]34C=C[C@H](O3)[C@H](C(=O)O)[C@@H]4C2=O)[C@@H](C)C1. The Morgan fingerprint density at radius 3 is 2.88 bits per heavy atom. The van der Waals surface area contributed by atoms with E-state index in [1.807, 2.05) is 17.1 Å². The Morgan fingerprint density at radius 2 is 2.21 bits per heavy atom. The van der Waals surface area contributed by atoms with Crippen LogP contribution in [-0.4, -0.2) is 46.7 Å². The lowest BCUT2D eigenvalue weighted by atomic mass is 9.75. The van der Waals surface area contributed by atoms with Gasteiger partial charge in [0.05, 0.1) is 18.6 Å². The third kappa shape index (κ3) is 2.10. The first-order valence-corrected chi connectivity index (χ1v) is 8.88. The molecular weight excluding hydrogens is 306 g/mol. The van der Waals surface area contributed by atoms with Gasteiger partial charge < -0.3 is 14.7 Å². The Bertz CT molecular complexity index is 654. The van der Waals surface area contributed by atoms with Crippen LogP contribution in [0.2, 0.25) is 0 Å². The van der Waals surface area contributed by atoms with Gasteiger partial charge in [-0.15, -0.1) is 0 Å². The van der Waals surface area contributed by atoms with Gasteiger partial charge in [-0.25, -0.2) is 0 Å². The molecule has 5 nitrogen and oxygen atoms in total. The molecule has 1 N–H and O–H groups in total. The zero-order valence-corrected chi connectivity index (χ0v) is 14.4. The van der Waals surface area contributed by atoms with Crippen molar-refractivity contribution < 1.29 is 19.4 Å². The van der Waals surface area contributed by atoms with Crippen LogP contribution in [0.15, 0.2) is 23.8 Å². The predicted octanol–water partition coefficient (Wildman–Crippen LogP) is 2.09. The Kier molecular flexibility index (Phi) is 3.43. The summed E-state index contributed by atoms with van der Waals surface area (Å²) in [4.78, 5) is 26.5. The molecule has 4 rings (SSSR count). The number of carboxylic acids is 1. The van der Waals surface area contributed by atoms with Gasteiger partial charge in [0.2, 0.25) is 5.91 Å². The van der Waals surface area contributed by atoms with E-state index in [4.69, 9.17) is 4.74 Å². The summed E-state index contributed by atoms with van der Waals surface area (Å²) in [6.45, 7) is 7.82. The van der Waals surface area contributed by atoms with Crippen LogP contribution in [-0.2, 0) is 14.3 Å². The number of hydrogen-bond acceptors (Lipinski definition) is 3. The number of amides is 1. The fourth-order valence-electron chi connectivity index (χ4n) is 5.43. The molecule has 3 aliphatic heterocycles. The van der Waals surface area contributed by atoms with Gasteiger partial charge in [0.15, 0.2) is 0 Å². The van der Waals surface area contributed by atoms with Crippen molar-refractivity contribution in [2.45, 2.75) is 38.9 Å². The summed E-state index contributed by atoms with van der Waals surface area (Å²) in [5, 5.41) is 9.53. The van der Waals surface area contributed by atoms with Crippen LogP contribution in [0.5, 0.6) is 0 Å². The molecule has 0 aromatic heterocycles. The van der Waals surface area contributed by atoms with Crippen LogP contribution in [0.25, 0.3) is 0 Å². The highest BCUT2D eigenvalue weighted by atomic mass is 16.5. The van der Waals surface area contributed by atoms with E-state index in [1.54, 1.807) is 0 Å². The van der Waals surface area contributed by atoms with Crippen molar-refractivity contribution in [3.05, 3.63) is 23.8 Å². The van der Waals surface area contributed by atoms with Crippen molar-refractivity contribution in [2.75, 3.05) is 13.1 Å². The number of ether oxygens (including phenoxy) is 1. The van der Waals surface area contributed by atoms with Crippen LogP contribution in [0, 0.1) is 29.6 Å². The number of fused-ring (bicyclic) bond motifs is 1. The minimum absolute atomic E-state index is 0.0417. The second kappa shape index (κ2) is 5.19. The third-order valence-electron chi connectivity index (χ3n) is 6.49. The maximum Gasteiger partial charge on any atom is 0.310 e. The molecule has 1 aliphatic carbocycles. The summed E-state index contributed by atoms with van der Waals surface area (Å²) < 4.78 is 5.95.